The van der Waals surface area contributed by atoms with E-state index in [4.69, 9.17) is 4.42 Å². The second-order valence-corrected chi connectivity index (χ2v) is 5.25. The largest absolute Gasteiger partial charge is 0.466 e. The zero-order valence-corrected chi connectivity index (χ0v) is 12.1. The summed E-state index contributed by atoms with van der Waals surface area (Å²) in [7, 11) is 0. The summed E-state index contributed by atoms with van der Waals surface area (Å²) >= 11 is 0. The molecule has 0 aliphatic rings. The van der Waals surface area contributed by atoms with E-state index in [-0.39, 0.29) is 0 Å². The molecule has 0 saturated heterocycles. The van der Waals surface area contributed by atoms with Crippen LogP contribution in [0.1, 0.15) is 60.5 Å². The fourth-order valence-electron chi connectivity index (χ4n) is 2.34. The van der Waals surface area contributed by atoms with Gasteiger partial charge in [0.2, 0.25) is 0 Å². The molecule has 1 aromatic carbocycles. The van der Waals surface area contributed by atoms with Crippen LogP contribution in [0.2, 0.25) is 0 Å². The third-order valence-electron chi connectivity index (χ3n) is 3.81. The minimum atomic E-state index is -0.608. The molecule has 1 N–H and O–H groups in total. The number of furan rings is 1. The predicted molar refractivity (Wildman–Crippen MR) is 77.4 cm³/mol. The molecule has 2 heteroatoms. The van der Waals surface area contributed by atoms with Gasteiger partial charge in [0.05, 0.1) is 0 Å². The lowest BCUT2D eigenvalue weighted by Gasteiger charge is -2.13. The molecule has 0 spiro atoms. The lowest BCUT2D eigenvalue weighted by Crippen LogP contribution is -2.00. The van der Waals surface area contributed by atoms with E-state index in [1.165, 1.54) is 5.56 Å². The molecule has 0 aliphatic heterocycles. The molecule has 2 unspecified atom stereocenters. The van der Waals surface area contributed by atoms with Crippen LogP contribution in [0.3, 0.4) is 0 Å². The van der Waals surface area contributed by atoms with E-state index < -0.39 is 6.10 Å². The number of hydrogen-bond donors (Lipinski definition) is 1. The molecular weight excluding hydrogens is 236 g/mol. The van der Waals surface area contributed by atoms with Crippen LogP contribution < -0.4 is 0 Å². The van der Waals surface area contributed by atoms with Crippen LogP contribution in [0.15, 0.2) is 34.7 Å². The second-order valence-electron chi connectivity index (χ2n) is 5.25. The Balaban J connectivity index is 2.25. The van der Waals surface area contributed by atoms with Crippen molar-refractivity contribution in [2.75, 3.05) is 0 Å². The van der Waals surface area contributed by atoms with Crippen molar-refractivity contribution in [1.82, 2.24) is 0 Å². The van der Waals surface area contributed by atoms with Crippen LogP contribution in [0.4, 0.5) is 0 Å². The van der Waals surface area contributed by atoms with Gasteiger partial charge in [-0.05, 0) is 43.4 Å². The molecule has 0 amide bonds. The Labute approximate surface area is 115 Å². The smallest absolute Gasteiger partial charge is 0.107 e. The van der Waals surface area contributed by atoms with Crippen LogP contribution in [-0.4, -0.2) is 5.11 Å². The SMILES string of the molecule is CCC(C)c1ccc(C(O)c2cc(C)oc2C)cc1. The van der Waals surface area contributed by atoms with Gasteiger partial charge in [-0.1, -0.05) is 38.1 Å². The molecule has 1 aromatic heterocycles. The van der Waals surface area contributed by atoms with Crippen LogP contribution in [0.25, 0.3) is 0 Å². The third-order valence-corrected chi connectivity index (χ3v) is 3.81. The van der Waals surface area contributed by atoms with E-state index in [1.54, 1.807) is 0 Å². The molecule has 2 aromatic rings. The van der Waals surface area contributed by atoms with Crippen molar-refractivity contribution in [3.05, 3.63) is 58.5 Å². The number of hydrogen-bond acceptors (Lipinski definition) is 2. The normalized spacial score (nSPS) is 14.4. The highest BCUT2D eigenvalue weighted by atomic mass is 16.3. The summed E-state index contributed by atoms with van der Waals surface area (Å²) in [5.41, 5.74) is 3.09. The number of aliphatic hydroxyl groups excluding tert-OH is 1. The van der Waals surface area contributed by atoms with Crippen molar-refractivity contribution in [3.8, 4) is 0 Å². The van der Waals surface area contributed by atoms with Gasteiger partial charge >= 0.3 is 0 Å². The molecule has 2 rings (SSSR count). The fraction of sp³-hybridized carbons (Fsp3) is 0.412. The van der Waals surface area contributed by atoms with Crippen LogP contribution >= 0.6 is 0 Å². The maximum absolute atomic E-state index is 10.4. The van der Waals surface area contributed by atoms with Crippen LogP contribution in [0.5, 0.6) is 0 Å². The molecule has 0 saturated carbocycles. The molecule has 19 heavy (non-hydrogen) atoms. The zero-order valence-electron chi connectivity index (χ0n) is 12.1. The standard InChI is InChI=1S/C17H22O2/c1-5-11(2)14-6-8-15(9-7-14)17(18)16-10-12(3)19-13(16)4/h6-11,17-18H,5H2,1-4H3. The predicted octanol–water partition coefficient (Wildman–Crippen LogP) is 4.49. The molecule has 102 valence electrons. The highest BCUT2D eigenvalue weighted by Crippen LogP contribution is 2.28. The Hall–Kier alpha value is -1.54. The van der Waals surface area contributed by atoms with Gasteiger partial charge in [0.1, 0.15) is 17.6 Å². The van der Waals surface area contributed by atoms with E-state index in [2.05, 4.69) is 26.0 Å². The Morgan fingerprint density at radius 1 is 1.11 bits per heavy atom. The lowest BCUT2D eigenvalue weighted by molar-refractivity contribution is 0.218. The number of rotatable bonds is 4. The molecule has 0 aliphatic carbocycles. The quantitative estimate of drug-likeness (QED) is 0.876. The molecule has 0 radical (unpaired) electrons. The first kappa shape index (κ1) is 13.9. The maximum atomic E-state index is 10.4. The van der Waals surface area contributed by atoms with Crippen molar-refractivity contribution in [1.29, 1.82) is 0 Å². The van der Waals surface area contributed by atoms with E-state index in [1.807, 2.05) is 32.0 Å². The molecule has 2 atom stereocenters. The van der Waals surface area contributed by atoms with Crippen molar-refractivity contribution in [3.63, 3.8) is 0 Å². The van der Waals surface area contributed by atoms with Gasteiger partial charge in [0, 0.05) is 5.56 Å². The number of aliphatic hydroxyl groups is 1. The Morgan fingerprint density at radius 3 is 2.16 bits per heavy atom. The summed E-state index contributed by atoms with van der Waals surface area (Å²) in [5, 5.41) is 10.4. The zero-order chi connectivity index (χ0) is 14.0. The van der Waals surface area contributed by atoms with E-state index in [9.17, 15) is 5.11 Å². The van der Waals surface area contributed by atoms with E-state index >= 15 is 0 Å². The Bertz CT molecular complexity index is 537. The molecule has 0 fully saturated rings. The topological polar surface area (TPSA) is 33.4 Å². The van der Waals surface area contributed by atoms with Crippen molar-refractivity contribution < 1.29 is 9.52 Å². The van der Waals surface area contributed by atoms with Gasteiger partial charge < -0.3 is 9.52 Å². The fourth-order valence-corrected chi connectivity index (χ4v) is 2.34. The molecule has 2 nitrogen and oxygen atoms in total. The van der Waals surface area contributed by atoms with Crippen LogP contribution in [0, 0.1) is 13.8 Å². The third kappa shape index (κ3) is 2.90. The van der Waals surface area contributed by atoms with Gasteiger partial charge in [-0.25, -0.2) is 0 Å². The van der Waals surface area contributed by atoms with Crippen LogP contribution in [-0.2, 0) is 0 Å². The average Bonchev–Trinajstić information content (AvgIpc) is 2.76. The Morgan fingerprint density at radius 2 is 1.68 bits per heavy atom. The van der Waals surface area contributed by atoms with Gasteiger partial charge in [0.25, 0.3) is 0 Å². The molecular formula is C17H22O2. The summed E-state index contributed by atoms with van der Waals surface area (Å²) in [6, 6.07) is 10.1. The summed E-state index contributed by atoms with van der Waals surface area (Å²) in [4.78, 5) is 0. The first-order valence-corrected chi connectivity index (χ1v) is 6.87. The van der Waals surface area contributed by atoms with E-state index in [0.29, 0.717) is 5.92 Å². The minimum Gasteiger partial charge on any atom is -0.466 e. The summed E-state index contributed by atoms with van der Waals surface area (Å²) < 4.78 is 5.48. The van der Waals surface area contributed by atoms with E-state index in [0.717, 1.165) is 29.1 Å². The average molecular weight is 258 g/mol. The monoisotopic (exact) mass is 258 g/mol. The summed E-state index contributed by atoms with van der Waals surface area (Å²) in [6.07, 6.45) is 0.519. The summed E-state index contributed by atoms with van der Waals surface area (Å²) in [5.74, 6) is 2.18. The number of aryl methyl sites for hydroxylation is 2. The Kier molecular flexibility index (Phi) is 4.11. The van der Waals surface area contributed by atoms with Crippen molar-refractivity contribution >= 4 is 0 Å². The lowest BCUT2D eigenvalue weighted by atomic mass is 9.95. The highest BCUT2D eigenvalue weighted by Gasteiger charge is 2.16. The molecule has 0 bridgehead atoms. The van der Waals surface area contributed by atoms with Crippen molar-refractivity contribution in [2.24, 2.45) is 0 Å². The summed E-state index contributed by atoms with van der Waals surface area (Å²) in [6.45, 7) is 8.19. The number of benzene rings is 1. The maximum Gasteiger partial charge on any atom is 0.107 e. The minimum absolute atomic E-state index is 0.559. The molecule has 1 heterocycles. The second kappa shape index (κ2) is 5.62. The van der Waals surface area contributed by atoms with Gasteiger partial charge in [-0.3, -0.25) is 0 Å². The highest BCUT2D eigenvalue weighted by molar-refractivity contribution is 5.34. The van der Waals surface area contributed by atoms with Gasteiger partial charge in [0.15, 0.2) is 0 Å². The first-order valence-electron chi connectivity index (χ1n) is 6.87. The first-order chi connectivity index (χ1) is 9.02. The van der Waals surface area contributed by atoms with Gasteiger partial charge in [-0.15, -0.1) is 0 Å². The van der Waals surface area contributed by atoms with Crippen molar-refractivity contribution in [2.45, 2.75) is 46.1 Å². The van der Waals surface area contributed by atoms with Gasteiger partial charge in [-0.2, -0.15) is 0 Å².